The molecule has 2 fully saturated rings. The van der Waals surface area contributed by atoms with Crippen LogP contribution in [0.2, 0.25) is 0 Å². The maximum atomic E-state index is 12.3. The van der Waals surface area contributed by atoms with E-state index in [9.17, 15) is 24.9 Å². The minimum atomic E-state index is -1.60. The van der Waals surface area contributed by atoms with E-state index in [4.69, 9.17) is 0 Å². The van der Waals surface area contributed by atoms with Crippen LogP contribution in [-0.2, 0) is 9.59 Å². The SMILES string of the molecule is O=C1[C@H](CO)N2C(=O)[C@H](O)[C@H](O)[C@@H]2N1Nc1ccccc1. The third-order valence-electron chi connectivity index (χ3n) is 3.74. The van der Waals surface area contributed by atoms with Crippen LogP contribution in [0.25, 0.3) is 0 Å². The molecule has 0 saturated carbocycles. The van der Waals surface area contributed by atoms with E-state index in [1.54, 1.807) is 30.3 Å². The molecule has 2 amide bonds. The van der Waals surface area contributed by atoms with Gasteiger partial charge < -0.3 is 20.2 Å². The quantitative estimate of drug-likeness (QED) is 0.518. The van der Waals surface area contributed by atoms with Gasteiger partial charge in [0, 0.05) is 0 Å². The van der Waals surface area contributed by atoms with E-state index in [0.717, 1.165) is 9.91 Å². The second-order valence-electron chi connectivity index (χ2n) is 4.98. The molecule has 0 bridgehead atoms. The van der Waals surface area contributed by atoms with Crippen molar-refractivity contribution in [3.63, 3.8) is 0 Å². The van der Waals surface area contributed by atoms with Crippen molar-refractivity contribution >= 4 is 17.5 Å². The molecule has 2 aliphatic heterocycles. The van der Waals surface area contributed by atoms with Gasteiger partial charge in [0.05, 0.1) is 12.3 Å². The number of para-hydroxylation sites is 1. The number of anilines is 1. The van der Waals surface area contributed by atoms with Gasteiger partial charge >= 0.3 is 0 Å². The van der Waals surface area contributed by atoms with Gasteiger partial charge in [-0.15, -0.1) is 0 Å². The molecule has 4 N–H and O–H groups in total. The molecule has 0 radical (unpaired) electrons. The molecule has 0 spiro atoms. The number of hydrogen-bond acceptors (Lipinski definition) is 6. The first-order valence-corrected chi connectivity index (χ1v) is 6.50. The Labute approximate surface area is 120 Å². The molecule has 1 aromatic rings. The molecule has 0 aromatic heterocycles. The number of hydrogen-bond donors (Lipinski definition) is 4. The van der Waals surface area contributed by atoms with Crippen molar-refractivity contribution < 1.29 is 24.9 Å². The Balaban J connectivity index is 1.93. The van der Waals surface area contributed by atoms with Crippen molar-refractivity contribution in [3.05, 3.63) is 30.3 Å². The molecule has 112 valence electrons. The van der Waals surface area contributed by atoms with Crippen LogP contribution < -0.4 is 5.43 Å². The number of hydrazine groups is 1. The zero-order chi connectivity index (χ0) is 15.1. The first-order valence-electron chi connectivity index (χ1n) is 6.50. The molecular weight excluding hydrogens is 278 g/mol. The highest BCUT2D eigenvalue weighted by Crippen LogP contribution is 2.32. The van der Waals surface area contributed by atoms with Crippen molar-refractivity contribution in [3.8, 4) is 0 Å². The Kier molecular flexibility index (Phi) is 3.28. The van der Waals surface area contributed by atoms with Crippen molar-refractivity contribution in [2.75, 3.05) is 12.0 Å². The summed E-state index contributed by atoms with van der Waals surface area (Å²) in [5.41, 5.74) is 3.39. The number of fused-ring (bicyclic) bond motifs is 1. The number of rotatable bonds is 3. The predicted octanol–water partition coefficient (Wildman–Crippen LogP) is -1.89. The number of benzene rings is 1. The largest absolute Gasteiger partial charge is 0.394 e. The Morgan fingerprint density at radius 2 is 1.76 bits per heavy atom. The van der Waals surface area contributed by atoms with E-state index in [-0.39, 0.29) is 0 Å². The summed E-state index contributed by atoms with van der Waals surface area (Å²) in [6.07, 6.45) is -4.08. The molecule has 8 heteroatoms. The van der Waals surface area contributed by atoms with E-state index in [1.165, 1.54) is 0 Å². The van der Waals surface area contributed by atoms with Crippen LogP contribution in [0.1, 0.15) is 0 Å². The second-order valence-corrected chi connectivity index (χ2v) is 4.98. The van der Waals surface area contributed by atoms with E-state index < -0.39 is 42.8 Å². The summed E-state index contributed by atoms with van der Waals surface area (Å²) in [4.78, 5) is 25.2. The first kappa shape index (κ1) is 13.8. The van der Waals surface area contributed by atoms with Gasteiger partial charge in [0.2, 0.25) is 0 Å². The summed E-state index contributed by atoms with van der Waals surface area (Å²) in [7, 11) is 0. The Morgan fingerprint density at radius 3 is 2.38 bits per heavy atom. The number of amides is 2. The maximum Gasteiger partial charge on any atom is 0.268 e. The second kappa shape index (κ2) is 4.99. The van der Waals surface area contributed by atoms with Crippen LogP contribution in [0.5, 0.6) is 0 Å². The number of aliphatic hydroxyl groups excluding tert-OH is 3. The lowest BCUT2D eigenvalue weighted by Gasteiger charge is -2.27. The lowest BCUT2D eigenvalue weighted by Crippen LogP contribution is -2.47. The fraction of sp³-hybridized carbons (Fsp3) is 0.385. The smallest absolute Gasteiger partial charge is 0.268 e. The van der Waals surface area contributed by atoms with E-state index in [1.807, 2.05) is 0 Å². The molecule has 2 aliphatic rings. The minimum Gasteiger partial charge on any atom is -0.394 e. The number of carbonyl (C=O) groups is 2. The summed E-state index contributed by atoms with van der Waals surface area (Å²) >= 11 is 0. The third kappa shape index (κ3) is 1.96. The van der Waals surface area contributed by atoms with Crippen molar-refractivity contribution in [1.82, 2.24) is 9.91 Å². The number of nitrogens with one attached hydrogen (secondary N) is 1. The Bertz CT molecular complexity index is 566. The highest BCUT2D eigenvalue weighted by molar-refractivity contribution is 5.96. The average molecular weight is 293 g/mol. The third-order valence-corrected chi connectivity index (χ3v) is 3.74. The molecule has 1 aromatic carbocycles. The van der Waals surface area contributed by atoms with Gasteiger partial charge in [-0.2, -0.15) is 0 Å². The first-order chi connectivity index (χ1) is 10.1. The molecule has 0 unspecified atom stereocenters. The highest BCUT2D eigenvalue weighted by Gasteiger charge is 2.60. The van der Waals surface area contributed by atoms with Crippen LogP contribution in [-0.4, -0.2) is 68.1 Å². The number of carbonyl (C=O) groups excluding carboxylic acids is 2. The van der Waals surface area contributed by atoms with Crippen molar-refractivity contribution in [1.29, 1.82) is 0 Å². The van der Waals surface area contributed by atoms with Crippen LogP contribution in [0.15, 0.2) is 30.3 Å². The van der Waals surface area contributed by atoms with Gasteiger partial charge in [0.1, 0.15) is 12.1 Å². The molecule has 21 heavy (non-hydrogen) atoms. The highest BCUT2D eigenvalue weighted by atomic mass is 16.4. The van der Waals surface area contributed by atoms with E-state index in [2.05, 4.69) is 5.43 Å². The molecule has 2 saturated heterocycles. The average Bonchev–Trinajstić information content (AvgIpc) is 2.89. The summed E-state index contributed by atoms with van der Waals surface area (Å²) in [6, 6.07) is 7.64. The zero-order valence-corrected chi connectivity index (χ0v) is 11.0. The number of aliphatic hydroxyl groups is 3. The van der Waals surface area contributed by atoms with Crippen LogP contribution in [0.4, 0.5) is 5.69 Å². The fourth-order valence-electron chi connectivity index (χ4n) is 2.72. The summed E-state index contributed by atoms with van der Waals surface area (Å²) in [5.74, 6) is -1.30. The van der Waals surface area contributed by atoms with Gasteiger partial charge in [-0.3, -0.25) is 15.0 Å². The molecule has 8 nitrogen and oxygen atoms in total. The van der Waals surface area contributed by atoms with E-state index in [0.29, 0.717) is 5.69 Å². The van der Waals surface area contributed by atoms with Crippen LogP contribution in [0, 0.1) is 0 Å². The Morgan fingerprint density at radius 1 is 1.10 bits per heavy atom. The van der Waals surface area contributed by atoms with Crippen LogP contribution >= 0.6 is 0 Å². The molecule has 2 heterocycles. The summed E-state index contributed by atoms with van der Waals surface area (Å²) in [6.45, 7) is -0.576. The van der Waals surface area contributed by atoms with Gasteiger partial charge in [-0.1, -0.05) is 18.2 Å². The van der Waals surface area contributed by atoms with Gasteiger partial charge in [0.15, 0.2) is 12.3 Å². The van der Waals surface area contributed by atoms with E-state index >= 15 is 0 Å². The van der Waals surface area contributed by atoms with Gasteiger partial charge in [0.25, 0.3) is 11.8 Å². The molecular formula is C13H15N3O5. The van der Waals surface area contributed by atoms with Gasteiger partial charge in [-0.05, 0) is 12.1 Å². The van der Waals surface area contributed by atoms with Crippen molar-refractivity contribution in [2.24, 2.45) is 0 Å². The Hall–Kier alpha value is -2.16. The van der Waals surface area contributed by atoms with Crippen molar-refractivity contribution in [2.45, 2.75) is 24.4 Å². The fourth-order valence-corrected chi connectivity index (χ4v) is 2.72. The predicted molar refractivity (Wildman–Crippen MR) is 70.4 cm³/mol. The van der Waals surface area contributed by atoms with Gasteiger partial charge in [-0.25, -0.2) is 5.01 Å². The molecule has 3 rings (SSSR count). The molecule has 0 aliphatic carbocycles. The topological polar surface area (TPSA) is 113 Å². The standard InChI is InChI=1S/C13H15N3O5/c17-6-8-12(20)16(14-7-4-2-1-3-5-7)11-9(18)10(19)13(21)15(8)11/h1-5,8-11,14,17-19H,6H2/t8-,9-,10+,11-/m0/s1. The normalized spacial score (nSPS) is 31.8. The minimum absolute atomic E-state index is 0.536. The monoisotopic (exact) mass is 293 g/mol. The number of nitrogens with zero attached hydrogens (tertiary/aromatic N) is 2. The van der Waals surface area contributed by atoms with Crippen LogP contribution in [0.3, 0.4) is 0 Å². The zero-order valence-electron chi connectivity index (χ0n) is 11.0. The molecule has 4 atom stereocenters. The maximum absolute atomic E-state index is 12.3. The lowest BCUT2D eigenvalue weighted by molar-refractivity contribution is -0.141. The summed E-state index contributed by atoms with van der Waals surface area (Å²) in [5, 5.41) is 30.1. The lowest BCUT2D eigenvalue weighted by atomic mass is 10.2. The summed E-state index contributed by atoms with van der Waals surface area (Å²) < 4.78 is 0.